The van der Waals surface area contributed by atoms with Gasteiger partial charge in [0.2, 0.25) is 0 Å². The van der Waals surface area contributed by atoms with Crippen LogP contribution in [0.25, 0.3) is 11.3 Å². The molecule has 49 heavy (non-hydrogen) atoms. The number of hydrogen-bond donors (Lipinski definition) is 1. The van der Waals surface area contributed by atoms with Gasteiger partial charge in [0.1, 0.15) is 24.7 Å². The molecule has 0 spiro atoms. The highest BCUT2D eigenvalue weighted by atomic mass is 19.4. The van der Waals surface area contributed by atoms with E-state index < -0.39 is 24.0 Å². The molecule has 2 amide bonds. The van der Waals surface area contributed by atoms with Crippen molar-refractivity contribution in [2.45, 2.75) is 45.2 Å². The average molecular weight is 666 g/mol. The third kappa shape index (κ3) is 7.92. The number of halogens is 3. The van der Waals surface area contributed by atoms with Gasteiger partial charge in [0.05, 0.1) is 17.3 Å². The second-order valence-electron chi connectivity index (χ2n) is 11.8. The lowest BCUT2D eigenvalue weighted by Gasteiger charge is -2.38. The van der Waals surface area contributed by atoms with E-state index in [9.17, 15) is 22.8 Å². The summed E-state index contributed by atoms with van der Waals surface area (Å²) < 4.78 is 51.8. The van der Waals surface area contributed by atoms with Crippen molar-refractivity contribution in [3.63, 3.8) is 0 Å². The van der Waals surface area contributed by atoms with Crippen LogP contribution >= 0.6 is 0 Å². The number of pyridine rings is 1. The Morgan fingerprint density at radius 3 is 2.22 bits per heavy atom. The maximum Gasteiger partial charge on any atom is 0.471 e. The summed E-state index contributed by atoms with van der Waals surface area (Å²) in [6, 6.07) is 32.7. The van der Waals surface area contributed by atoms with Gasteiger partial charge < -0.3 is 19.7 Å². The van der Waals surface area contributed by atoms with E-state index in [-0.39, 0.29) is 24.5 Å². The Morgan fingerprint density at radius 2 is 1.55 bits per heavy atom. The van der Waals surface area contributed by atoms with Gasteiger partial charge in [0.15, 0.2) is 0 Å². The minimum absolute atomic E-state index is 0.164. The van der Waals surface area contributed by atoms with Crippen molar-refractivity contribution in [3.05, 3.63) is 143 Å². The highest BCUT2D eigenvalue weighted by Crippen LogP contribution is 2.37. The number of anilines is 1. The first-order valence-corrected chi connectivity index (χ1v) is 15.9. The number of benzene rings is 4. The Bertz CT molecular complexity index is 1930. The Hall–Kier alpha value is -5.64. The van der Waals surface area contributed by atoms with E-state index in [1.165, 1.54) is 4.90 Å². The Balaban J connectivity index is 1.36. The van der Waals surface area contributed by atoms with Crippen LogP contribution in [0.3, 0.4) is 0 Å². The van der Waals surface area contributed by atoms with Gasteiger partial charge in [-0.15, -0.1) is 0 Å². The van der Waals surface area contributed by atoms with Crippen molar-refractivity contribution < 1.29 is 32.2 Å². The minimum Gasteiger partial charge on any atom is -0.489 e. The van der Waals surface area contributed by atoms with Crippen molar-refractivity contribution in [2.75, 3.05) is 11.4 Å². The van der Waals surface area contributed by atoms with Crippen molar-refractivity contribution >= 4 is 17.5 Å². The molecule has 2 heterocycles. The maximum absolute atomic E-state index is 14.6. The number of rotatable bonds is 10. The summed E-state index contributed by atoms with van der Waals surface area (Å²) in [7, 11) is 0. The van der Waals surface area contributed by atoms with Gasteiger partial charge >= 0.3 is 12.1 Å². The third-order valence-electron chi connectivity index (χ3n) is 8.38. The molecule has 6 rings (SSSR count). The molecule has 0 bridgehead atoms. The molecule has 1 aliphatic rings. The molecular weight excluding hydrogens is 631 g/mol. The van der Waals surface area contributed by atoms with Crippen LogP contribution in [-0.4, -0.2) is 35.6 Å². The molecule has 0 aliphatic carbocycles. The molecule has 1 N–H and O–H groups in total. The van der Waals surface area contributed by atoms with Crippen LogP contribution in [-0.2, 0) is 24.4 Å². The molecule has 4 aromatic carbocycles. The maximum atomic E-state index is 14.6. The first kappa shape index (κ1) is 33.3. The van der Waals surface area contributed by atoms with Gasteiger partial charge in [0.25, 0.3) is 5.91 Å². The lowest BCUT2D eigenvalue weighted by atomic mass is 9.92. The molecule has 10 heteroatoms. The van der Waals surface area contributed by atoms with E-state index >= 15 is 0 Å². The molecule has 7 nitrogen and oxygen atoms in total. The van der Waals surface area contributed by atoms with Crippen LogP contribution < -0.4 is 19.7 Å². The summed E-state index contributed by atoms with van der Waals surface area (Å²) >= 11 is 0. The number of aromatic nitrogens is 1. The Morgan fingerprint density at radius 1 is 0.857 bits per heavy atom. The first-order valence-electron chi connectivity index (χ1n) is 15.9. The number of amides is 2. The van der Waals surface area contributed by atoms with E-state index in [0.29, 0.717) is 30.9 Å². The number of hydrogen-bond acceptors (Lipinski definition) is 5. The fraction of sp³-hybridized carbons (Fsp3) is 0.205. The zero-order chi connectivity index (χ0) is 34.4. The third-order valence-corrected chi connectivity index (χ3v) is 8.38. The van der Waals surface area contributed by atoms with E-state index in [2.05, 4.69) is 4.98 Å². The molecule has 250 valence electrons. The quantitative estimate of drug-likeness (QED) is 0.164. The van der Waals surface area contributed by atoms with Gasteiger partial charge in [-0.2, -0.15) is 13.2 Å². The lowest BCUT2D eigenvalue weighted by molar-refractivity contribution is -0.173. The van der Waals surface area contributed by atoms with Crippen molar-refractivity contribution in [1.82, 2.24) is 10.3 Å². The summed E-state index contributed by atoms with van der Waals surface area (Å²) in [5, 5.41) is 1.99. The van der Waals surface area contributed by atoms with Crippen molar-refractivity contribution in [2.24, 2.45) is 0 Å². The summed E-state index contributed by atoms with van der Waals surface area (Å²) in [4.78, 5) is 32.4. The van der Waals surface area contributed by atoms with Crippen LogP contribution in [0.15, 0.2) is 115 Å². The summed E-state index contributed by atoms with van der Waals surface area (Å²) in [6.45, 7) is 2.03. The molecule has 0 radical (unpaired) electrons. The van der Waals surface area contributed by atoms with Gasteiger partial charge in [-0.05, 0) is 72.4 Å². The number of nitrogens with one attached hydrogen (secondary N) is 1. The first-order chi connectivity index (χ1) is 23.7. The van der Waals surface area contributed by atoms with E-state index in [0.717, 1.165) is 33.5 Å². The predicted molar refractivity (Wildman–Crippen MR) is 180 cm³/mol. The number of alkyl halides is 3. The topological polar surface area (TPSA) is 80.8 Å². The molecule has 0 saturated heterocycles. The summed E-state index contributed by atoms with van der Waals surface area (Å²) in [6.07, 6.45) is -2.54. The number of carbonyl (C=O) groups is 2. The van der Waals surface area contributed by atoms with Gasteiger partial charge in [-0.1, -0.05) is 72.8 Å². The van der Waals surface area contributed by atoms with Crippen LogP contribution in [0.1, 0.15) is 39.0 Å². The SMILES string of the molecule is Cc1cccnc1-c1ccc2c(c1)CCC(CNC(=O)C(F)(F)F)N2C(=O)c1ccc(OCc2ccccc2)cc1OCc1ccccc1. The van der Waals surface area contributed by atoms with E-state index in [4.69, 9.17) is 9.47 Å². The highest BCUT2D eigenvalue weighted by molar-refractivity contribution is 6.09. The number of ether oxygens (including phenoxy) is 2. The standard InChI is InChI=1S/C39H34F3N3O4/c1-26-9-8-20-43-36(26)30-15-19-34-29(21-30)14-16-31(23-44-38(47)39(40,41)42)45(34)37(46)33-18-17-32(48-24-27-10-4-2-5-11-27)22-35(33)49-25-28-12-6-3-7-13-28/h2-13,15,17-22,31H,14,16,23-25H2,1H3,(H,44,47). The number of aryl methyl sites for hydroxylation is 2. The Labute approximate surface area is 282 Å². The Kier molecular flexibility index (Phi) is 9.94. The lowest BCUT2D eigenvalue weighted by Crippen LogP contribution is -2.51. The number of nitrogens with zero attached hydrogens (tertiary/aromatic N) is 2. The molecular formula is C39H34F3N3O4. The van der Waals surface area contributed by atoms with Gasteiger partial charge in [-0.3, -0.25) is 14.6 Å². The highest BCUT2D eigenvalue weighted by Gasteiger charge is 2.40. The molecule has 1 unspecified atom stereocenters. The number of fused-ring (bicyclic) bond motifs is 1. The van der Waals surface area contributed by atoms with Crippen LogP contribution in [0.5, 0.6) is 11.5 Å². The normalized spacial score (nSPS) is 14.1. The van der Waals surface area contributed by atoms with Crippen LogP contribution in [0.4, 0.5) is 18.9 Å². The molecule has 1 atom stereocenters. The predicted octanol–water partition coefficient (Wildman–Crippen LogP) is 7.86. The fourth-order valence-corrected chi connectivity index (χ4v) is 5.88. The largest absolute Gasteiger partial charge is 0.489 e. The minimum atomic E-state index is -5.05. The van der Waals surface area contributed by atoms with Gasteiger partial charge in [-0.25, -0.2) is 0 Å². The average Bonchev–Trinajstić information content (AvgIpc) is 3.12. The molecule has 1 aromatic heterocycles. The molecule has 0 saturated carbocycles. The second kappa shape index (κ2) is 14.6. The van der Waals surface area contributed by atoms with Crippen molar-refractivity contribution in [1.29, 1.82) is 0 Å². The second-order valence-corrected chi connectivity index (χ2v) is 11.8. The molecule has 1 aliphatic heterocycles. The zero-order valence-electron chi connectivity index (χ0n) is 26.7. The zero-order valence-corrected chi connectivity index (χ0v) is 26.7. The smallest absolute Gasteiger partial charge is 0.471 e. The van der Waals surface area contributed by atoms with Crippen LogP contribution in [0.2, 0.25) is 0 Å². The molecule has 0 fully saturated rings. The summed E-state index contributed by atoms with van der Waals surface area (Å²) in [5.41, 5.74) is 6.06. The van der Waals surface area contributed by atoms with Crippen molar-refractivity contribution in [3.8, 4) is 22.8 Å². The van der Waals surface area contributed by atoms with E-state index in [1.807, 2.05) is 97.2 Å². The van der Waals surface area contributed by atoms with Gasteiger partial charge in [0, 0.05) is 30.1 Å². The fourth-order valence-electron chi connectivity index (χ4n) is 5.88. The van der Waals surface area contributed by atoms with E-state index in [1.54, 1.807) is 30.5 Å². The summed E-state index contributed by atoms with van der Waals surface area (Å²) in [5.74, 6) is -1.80. The molecule has 5 aromatic rings. The monoisotopic (exact) mass is 665 g/mol. The number of carbonyl (C=O) groups excluding carboxylic acids is 2. The van der Waals surface area contributed by atoms with Crippen LogP contribution in [0, 0.1) is 6.92 Å².